The normalized spacial score (nSPS) is 12.0. The first kappa shape index (κ1) is 19.1. The summed E-state index contributed by atoms with van der Waals surface area (Å²) in [6.07, 6.45) is 1.64. The smallest absolute Gasteiger partial charge is 0.255 e. The van der Waals surface area contributed by atoms with E-state index in [1.165, 1.54) is 0 Å². The molecule has 1 atom stereocenters. The molecule has 1 amide bonds. The van der Waals surface area contributed by atoms with E-state index in [1.807, 2.05) is 86.6 Å². The Kier molecular flexibility index (Phi) is 5.27. The monoisotopic (exact) mass is 402 g/mol. The molecule has 0 radical (unpaired) electrons. The Morgan fingerprint density at radius 2 is 1.69 bits per heavy atom. The Labute approximate surface area is 174 Å². The Hall–Kier alpha value is -3.25. The van der Waals surface area contributed by atoms with Gasteiger partial charge >= 0.3 is 0 Å². The first-order valence-corrected chi connectivity index (χ1v) is 10.2. The van der Waals surface area contributed by atoms with Crippen LogP contribution in [0.5, 0.6) is 0 Å². The molecular formula is C23H22N4OS. The fourth-order valence-electron chi connectivity index (χ4n) is 3.11. The molecule has 6 heteroatoms. The summed E-state index contributed by atoms with van der Waals surface area (Å²) in [6, 6.07) is 21.6. The highest BCUT2D eigenvalue weighted by molar-refractivity contribution is 7.18. The van der Waals surface area contributed by atoms with Crippen LogP contribution >= 0.6 is 11.3 Å². The maximum absolute atomic E-state index is 13.0. The van der Waals surface area contributed by atoms with Gasteiger partial charge in [0.2, 0.25) is 0 Å². The van der Waals surface area contributed by atoms with Crippen LogP contribution in [0.25, 0.3) is 10.2 Å². The highest BCUT2D eigenvalue weighted by atomic mass is 32.1. The van der Waals surface area contributed by atoms with Gasteiger partial charge in [-0.25, -0.2) is 9.97 Å². The third-order valence-corrected chi connectivity index (χ3v) is 6.26. The van der Waals surface area contributed by atoms with Crippen molar-refractivity contribution in [2.45, 2.75) is 13.0 Å². The van der Waals surface area contributed by atoms with E-state index >= 15 is 0 Å². The van der Waals surface area contributed by atoms with E-state index in [4.69, 9.17) is 0 Å². The van der Waals surface area contributed by atoms with Crippen LogP contribution in [0.4, 0.5) is 11.5 Å². The molecule has 2 heterocycles. The molecule has 0 fully saturated rings. The van der Waals surface area contributed by atoms with Crippen molar-refractivity contribution in [1.82, 2.24) is 14.9 Å². The van der Waals surface area contributed by atoms with Crippen LogP contribution in [0.2, 0.25) is 0 Å². The number of nitrogens with zero attached hydrogens (tertiary/aromatic N) is 4. The van der Waals surface area contributed by atoms with Gasteiger partial charge in [0.1, 0.15) is 10.8 Å². The van der Waals surface area contributed by atoms with Crippen LogP contribution in [0.15, 0.2) is 72.9 Å². The second-order valence-corrected chi connectivity index (χ2v) is 7.97. The summed E-state index contributed by atoms with van der Waals surface area (Å²) in [5.74, 6) is 0.716. The van der Waals surface area contributed by atoms with Crippen LogP contribution in [0.1, 0.15) is 28.3 Å². The van der Waals surface area contributed by atoms with Crippen molar-refractivity contribution in [1.29, 1.82) is 0 Å². The largest absolute Gasteiger partial charge is 0.332 e. The molecule has 0 saturated carbocycles. The summed E-state index contributed by atoms with van der Waals surface area (Å²) in [5.41, 5.74) is 2.57. The first-order valence-electron chi connectivity index (χ1n) is 9.42. The minimum absolute atomic E-state index is 0.0711. The highest BCUT2D eigenvalue weighted by Gasteiger charge is 2.22. The van der Waals surface area contributed by atoms with Crippen LogP contribution in [-0.4, -0.2) is 34.9 Å². The Morgan fingerprint density at radius 3 is 2.38 bits per heavy atom. The third kappa shape index (κ3) is 3.84. The van der Waals surface area contributed by atoms with E-state index in [1.54, 1.807) is 22.4 Å². The number of benzene rings is 2. The Morgan fingerprint density at radius 1 is 0.966 bits per heavy atom. The predicted molar refractivity (Wildman–Crippen MR) is 119 cm³/mol. The SMILES string of the molecule is CC(c1nc2ccccc2s1)N(C)C(=O)c1ccc(N(C)c2ccccc2)nc1. The molecule has 4 aromatic rings. The molecule has 5 nitrogen and oxygen atoms in total. The lowest BCUT2D eigenvalue weighted by Crippen LogP contribution is -2.29. The number of para-hydroxylation sites is 2. The molecule has 0 saturated heterocycles. The van der Waals surface area contributed by atoms with Crippen molar-refractivity contribution < 1.29 is 4.79 Å². The summed E-state index contributed by atoms with van der Waals surface area (Å²) in [5, 5.41) is 0.926. The van der Waals surface area contributed by atoms with Gasteiger partial charge in [0.05, 0.1) is 21.8 Å². The molecule has 29 heavy (non-hydrogen) atoms. The number of amides is 1. The van der Waals surface area contributed by atoms with E-state index in [0.29, 0.717) is 5.56 Å². The molecule has 2 aromatic carbocycles. The van der Waals surface area contributed by atoms with Crippen molar-refractivity contribution in [3.8, 4) is 0 Å². The Bertz CT molecular complexity index is 1090. The average molecular weight is 403 g/mol. The molecule has 0 N–H and O–H groups in total. The summed E-state index contributed by atoms with van der Waals surface area (Å²) in [7, 11) is 3.77. The molecular weight excluding hydrogens is 380 g/mol. The van der Waals surface area contributed by atoms with Gasteiger partial charge in [-0.15, -0.1) is 11.3 Å². The van der Waals surface area contributed by atoms with Crippen molar-refractivity contribution in [2.24, 2.45) is 0 Å². The van der Waals surface area contributed by atoms with E-state index in [-0.39, 0.29) is 11.9 Å². The van der Waals surface area contributed by atoms with E-state index in [9.17, 15) is 4.79 Å². The van der Waals surface area contributed by atoms with Gasteiger partial charge in [-0.05, 0) is 43.3 Å². The van der Waals surface area contributed by atoms with Crippen LogP contribution in [0, 0.1) is 0 Å². The summed E-state index contributed by atoms with van der Waals surface area (Å²) >= 11 is 1.62. The van der Waals surface area contributed by atoms with Crippen molar-refractivity contribution >= 4 is 39.0 Å². The number of pyridine rings is 1. The maximum Gasteiger partial charge on any atom is 0.255 e. The number of hydrogen-bond acceptors (Lipinski definition) is 5. The Balaban J connectivity index is 1.51. The maximum atomic E-state index is 13.0. The van der Waals surface area contributed by atoms with Crippen molar-refractivity contribution in [2.75, 3.05) is 19.0 Å². The van der Waals surface area contributed by atoms with Crippen LogP contribution in [0.3, 0.4) is 0 Å². The fourth-order valence-corrected chi connectivity index (χ4v) is 4.17. The van der Waals surface area contributed by atoms with Gasteiger partial charge in [-0.3, -0.25) is 4.79 Å². The van der Waals surface area contributed by atoms with Crippen molar-refractivity contribution in [3.05, 3.63) is 83.5 Å². The zero-order valence-electron chi connectivity index (χ0n) is 16.6. The fraction of sp³-hybridized carbons (Fsp3) is 0.174. The van der Waals surface area contributed by atoms with Gasteiger partial charge in [-0.2, -0.15) is 0 Å². The van der Waals surface area contributed by atoms with Gasteiger partial charge in [0.15, 0.2) is 0 Å². The van der Waals surface area contributed by atoms with Gasteiger partial charge < -0.3 is 9.80 Å². The molecule has 2 aromatic heterocycles. The number of rotatable bonds is 5. The molecule has 0 aliphatic carbocycles. The van der Waals surface area contributed by atoms with Crippen LogP contribution < -0.4 is 4.90 Å². The minimum Gasteiger partial charge on any atom is -0.332 e. The second-order valence-electron chi connectivity index (χ2n) is 6.91. The quantitative estimate of drug-likeness (QED) is 0.455. The predicted octanol–water partition coefficient (Wildman–Crippen LogP) is 5.29. The minimum atomic E-state index is -0.119. The zero-order chi connectivity index (χ0) is 20.4. The topological polar surface area (TPSA) is 49.3 Å². The number of hydrogen-bond donors (Lipinski definition) is 0. The zero-order valence-corrected chi connectivity index (χ0v) is 17.4. The summed E-state index contributed by atoms with van der Waals surface area (Å²) in [6.45, 7) is 2.00. The molecule has 1 unspecified atom stereocenters. The average Bonchev–Trinajstić information content (AvgIpc) is 3.22. The molecule has 0 aliphatic heterocycles. The standard InChI is InChI=1S/C23H22N4OS/c1-16(22-25-19-11-7-8-12-20(19)29-22)26(2)23(28)17-13-14-21(24-15-17)27(3)18-9-5-4-6-10-18/h4-16H,1-3H3. The first-order chi connectivity index (χ1) is 14.0. The highest BCUT2D eigenvalue weighted by Crippen LogP contribution is 2.29. The third-order valence-electron chi connectivity index (χ3n) is 5.05. The number of carbonyl (C=O) groups is 1. The molecule has 0 aliphatic rings. The van der Waals surface area contributed by atoms with Crippen molar-refractivity contribution in [3.63, 3.8) is 0 Å². The number of thiazole rings is 1. The van der Waals surface area contributed by atoms with Gasteiger partial charge in [0, 0.05) is 26.0 Å². The summed E-state index contributed by atoms with van der Waals surface area (Å²) < 4.78 is 1.13. The van der Waals surface area contributed by atoms with E-state index in [2.05, 4.69) is 16.0 Å². The molecule has 0 bridgehead atoms. The van der Waals surface area contributed by atoms with Gasteiger partial charge in [0.25, 0.3) is 5.91 Å². The molecule has 146 valence electrons. The second kappa shape index (κ2) is 8.01. The summed E-state index contributed by atoms with van der Waals surface area (Å²) in [4.78, 5) is 25.9. The number of carbonyl (C=O) groups excluding carboxylic acids is 1. The van der Waals surface area contributed by atoms with Crippen LogP contribution in [-0.2, 0) is 0 Å². The number of fused-ring (bicyclic) bond motifs is 1. The number of aromatic nitrogens is 2. The lowest BCUT2D eigenvalue weighted by Gasteiger charge is -2.23. The molecule has 4 rings (SSSR count). The van der Waals surface area contributed by atoms with Gasteiger partial charge in [-0.1, -0.05) is 30.3 Å². The lowest BCUT2D eigenvalue weighted by molar-refractivity contribution is 0.0742. The molecule has 0 spiro atoms. The van der Waals surface area contributed by atoms with E-state index < -0.39 is 0 Å². The number of anilines is 2. The van der Waals surface area contributed by atoms with E-state index in [0.717, 1.165) is 26.7 Å². The lowest BCUT2D eigenvalue weighted by atomic mass is 10.2.